The first-order valence-corrected chi connectivity index (χ1v) is 6.85. The number of carbonyl (C=O) groups is 1. The van der Waals surface area contributed by atoms with Crippen LogP contribution < -0.4 is 10.6 Å². The second kappa shape index (κ2) is 7.45. The molecule has 6 heteroatoms. The van der Waals surface area contributed by atoms with Gasteiger partial charge in [-0.05, 0) is 30.5 Å². The maximum absolute atomic E-state index is 13.5. The van der Waals surface area contributed by atoms with Crippen molar-refractivity contribution in [3.05, 3.63) is 28.5 Å². The lowest BCUT2D eigenvalue weighted by molar-refractivity contribution is 0.148. The first kappa shape index (κ1) is 15.9. The zero-order chi connectivity index (χ0) is 14.4. The molecule has 2 amide bonds. The maximum atomic E-state index is 13.5. The summed E-state index contributed by atoms with van der Waals surface area (Å²) >= 11 is 3.13. The third-order valence-electron chi connectivity index (χ3n) is 2.42. The molecule has 0 aliphatic rings. The van der Waals surface area contributed by atoms with Crippen molar-refractivity contribution in [1.82, 2.24) is 5.32 Å². The molecule has 106 valence electrons. The lowest BCUT2D eigenvalue weighted by atomic mass is 10.1. The van der Waals surface area contributed by atoms with Gasteiger partial charge in [0.15, 0.2) is 0 Å². The summed E-state index contributed by atoms with van der Waals surface area (Å²) in [5, 5.41) is 14.5. The van der Waals surface area contributed by atoms with E-state index < -0.39 is 18.0 Å². The van der Waals surface area contributed by atoms with Gasteiger partial charge < -0.3 is 15.7 Å². The Morgan fingerprint density at radius 2 is 2.16 bits per heavy atom. The molecule has 1 aromatic rings. The summed E-state index contributed by atoms with van der Waals surface area (Å²) in [6, 6.07) is 3.82. The van der Waals surface area contributed by atoms with Gasteiger partial charge in [-0.25, -0.2) is 9.18 Å². The summed E-state index contributed by atoms with van der Waals surface area (Å²) < 4.78 is 14.1. The highest BCUT2D eigenvalue weighted by Crippen LogP contribution is 2.19. The van der Waals surface area contributed by atoms with Crippen LogP contribution in [0, 0.1) is 11.7 Å². The summed E-state index contributed by atoms with van der Waals surface area (Å²) in [4.78, 5) is 11.5. The smallest absolute Gasteiger partial charge is 0.319 e. The summed E-state index contributed by atoms with van der Waals surface area (Å²) in [7, 11) is 0. The number of hydrogen-bond donors (Lipinski definition) is 3. The standard InChI is InChI=1S/C13H18BrFN2O2/c1-8(2)5-10(18)7-16-13(19)17-12-4-3-9(14)6-11(12)15/h3-4,6,8,10,18H,5,7H2,1-2H3,(H2,16,17,19). The topological polar surface area (TPSA) is 61.4 Å². The summed E-state index contributed by atoms with van der Waals surface area (Å²) in [5.74, 6) is -0.170. The Balaban J connectivity index is 2.43. The zero-order valence-corrected chi connectivity index (χ0v) is 12.5. The lowest BCUT2D eigenvalue weighted by Gasteiger charge is -2.14. The predicted molar refractivity (Wildman–Crippen MR) is 76.6 cm³/mol. The quantitative estimate of drug-likeness (QED) is 0.775. The Morgan fingerprint density at radius 3 is 2.74 bits per heavy atom. The van der Waals surface area contributed by atoms with E-state index in [9.17, 15) is 14.3 Å². The van der Waals surface area contributed by atoms with Gasteiger partial charge in [-0.2, -0.15) is 0 Å². The van der Waals surface area contributed by atoms with Gasteiger partial charge in [-0.15, -0.1) is 0 Å². The number of aliphatic hydroxyl groups is 1. The fourth-order valence-corrected chi connectivity index (χ4v) is 1.93. The molecule has 1 rings (SSSR count). The molecule has 1 aromatic carbocycles. The maximum Gasteiger partial charge on any atom is 0.319 e. The first-order valence-electron chi connectivity index (χ1n) is 6.06. The van der Waals surface area contributed by atoms with Crippen molar-refractivity contribution < 1.29 is 14.3 Å². The van der Waals surface area contributed by atoms with E-state index in [1.807, 2.05) is 13.8 Å². The predicted octanol–water partition coefficient (Wildman–Crippen LogP) is 3.12. The molecular weight excluding hydrogens is 315 g/mol. The van der Waals surface area contributed by atoms with Crippen LogP contribution in [0.1, 0.15) is 20.3 Å². The number of urea groups is 1. The Hall–Kier alpha value is -1.14. The number of carbonyl (C=O) groups excluding carboxylic acids is 1. The first-order chi connectivity index (χ1) is 8.88. The Labute approximate surface area is 120 Å². The minimum atomic E-state index is -0.597. The molecule has 1 unspecified atom stereocenters. The zero-order valence-electron chi connectivity index (χ0n) is 10.9. The van der Waals surface area contributed by atoms with Gasteiger partial charge in [0.25, 0.3) is 0 Å². The van der Waals surface area contributed by atoms with Crippen molar-refractivity contribution in [3.63, 3.8) is 0 Å². The van der Waals surface area contributed by atoms with E-state index >= 15 is 0 Å². The molecule has 0 spiro atoms. The number of halogens is 2. The van der Waals surface area contributed by atoms with Crippen molar-refractivity contribution in [2.75, 3.05) is 11.9 Å². The molecule has 0 bridgehead atoms. The minimum absolute atomic E-state index is 0.0963. The van der Waals surface area contributed by atoms with Crippen LogP contribution in [0.2, 0.25) is 0 Å². The van der Waals surface area contributed by atoms with Crippen LogP contribution in [0.4, 0.5) is 14.9 Å². The van der Waals surface area contributed by atoms with E-state index in [2.05, 4.69) is 26.6 Å². The van der Waals surface area contributed by atoms with Crippen molar-refractivity contribution in [2.45, 2.75) is 26.4 Å². The normalized spacial score (nSPS) is 12.3. The van der Waals surface area contributed by atoms with Gasteiger partial charge in [0, 0.05) is 11.0 Å². The van der Waals surface area contributed by atoms with Crippen LogP contribution in [0.5, 0.6) is 0 Å². The molecule has 4 nitrogen and oxygen atoms in total. The second-order valence-corrected chi connectivity index (χ2v) is 5.66. The highest BCUT2D eigenvalue weighted by atomic mass is 79.9. The second-order valence-electron chi connectivity index (χ2n) is 4.74. The van der Waals surface area contributed by atoms with E-state index in [0.717, 1.165) is 0 Å². The molecule has 0 heterocycles. The highest BCUT2D eigenvalue weighted by Gasteiger charge is 2.10. The van der Waals surface area contributed by atoms with Crippen LogP contribution in [-0.2, 0) is 0 Å². The molecule has 0 aliphatic heterocycles. The van der Waals surface area contributed by atoms with Gasteiger partial charge in [0.1, 0.15) is 5.82 Å². The van der Waals surface area contributed by atoms with Crippen LogP contribution >= 0.6 is 15.9 Å². The van der Waals surface area contributed by atoms with Crippen molar-refractivity contribution in [1.29, 1.82) is 0 Å². The number of rotatable bonds is 5. The molecule has 0 aliphatic carbocycles. The molecule has 0 radical (unpaired) electrons. The van der Waals surface area contributed by atoms with Gasteiger partial charge in [-0.3, -0.25) is 0 Å². The van der Waals surface area contributed by atoms with Gasteiger partial charge in [0.2, 0.25) is 0 Å². The number of hydrogen-bond acceptors (Lipinski definition) is 2. The molecule has 19 heavy (non-hydrogen) atoms. The molecule has 0 aromatic heterocycles. The number of anilines is 1. The third kappa shape index (κ3) is 6.02. The van der Waals surface area contributed by atoms with E-state index in [1.54, 1.807) is 6.07 Å². The van der Waals surface area contributed by atoms with Gasteiger partial charge in [-0.1, -0.05) is 29.8 Å². The van der Waals surface area contributed by atoms with Crippen molar-refractivity contribution in [3.8, 4) is 0 Å². The van der Waals surface area contributed by atoms with E-state index in [4.69, 9.17) is 0 Å². The van der Waals surface area contributed by atoms with E-state index in [1.165, 1.54) is 12.1 Å². The van der Waals surface area contributed by atoms with E-state index in [0.29, 0.717) is 16.8 Å². The Bertz CT molecular complexity index is 441. The van der Waals surface area contributed by atoms with Crippen LogP contribution in [0.3, 0.4) is 0 Å². The fraction of sp³-hybridized carbons (Fsp3) is 0.462. The Kier molecular flexibility index (Phi) is 6.24. The third-order valence-corrected chi connectivity index (χ3v) is 2.91. The van der Waals surface area contributed by atoms with Crippen molar-refractivity contribution in [2.24, 2.45) is 5.92 Å². The summed E-state index contributed by atoms with van der Waals surface area (Å²) in [5.41, 5.74) is 0.0963. The number of amides is 2. The molecule has 0 saturated heterocycles. The molecule has 3 N–H and O–H groups in total. The van der Waals surface area contributed by atoms with Crippen LogP contribution in [-0.4, -0.2) is 23.8 Å². The average Bonchev–Trinajstić information content (AvgIpc) is 2.29. The number of nitrogens with one attached hydrogen (secondary N) is 2. The summed E-state index contributed by atoms with van der Waals surface area (Å²) in [6.07, 6.45) is 0.00735. The van der Waals surface area contributed by atoms with Crippen LogP contribution in [0.25, 0.3) is 0 Å². The number of aliphatic hydroxyl groups excluding tert-OH is 1. The largest absolute Gasteiger partial charge is 0.391 e. The fourth-order valence-electron chi connectivity index (χ4n) is 1.60. The minimum Gasteiger partial charge on any atom is -0.391 e. The summed E-state index contributed by atoms with van der Waals surface area (Å²) in [6.45, 7) is 4.11. The van der Waals surface area contributed by atoms with Crippen molar-refractivity contribution >= 4 is 27.6 Å². The SMILES string of the molecule is CC(C)CC(O)CNC(=O)Nc1ccc(Br)cc1F. The van der Waals surface area contributed by atoms with Gasteiger partial charge in [0.05, 0.1) is 11.8 Å². The Morgan fingerprint density at radius 1 is 1.47 bits per heavy atom. The van der Waals surface area contributed by atoms with Crippen LogP contribution in [0.15, 0.2) is 22.7 Å². The number of benzene rings is 1. The molecule has 0 fully saturated rings. The van der Waals surface area contributed by atoms with E-state index in [-0.39, 0.29) is 12.2 Å². The highest BCUT2D eigenvalue weighted by molar-refractivity contribution is 9.10. The molecule has 0 saturated carbocycles. The lowest BCUT2D eigenvalue weighted by Crippen LogP contribution is -2.35. The molecule has 1 atom stereocenters. The molecular formula is C13H18BrFN2O2. The van der Waals surface area contributed by atoms with Gasteiger partial charge >= 0.3 is 6.03 Å². The monoisotopic (exact) mass is 332 g/mol. The average molecular weight is 333 g/mol.